The van der Waals surface area contributed by atoms with Crippen molar-refractivity contribution in [1.29, 1.82) is 0 Å². The zero-order chi connectivity index (χ0) is 36.3. The van der Waals surface area contributed by atoms with Crippen molar-refractivity contribution in [2.24, 2.45) is 52.3 Å². The van der Waals surface area contributed by atoms with Crippen LogP contribution in [0.15, 0.2) is 0 Å². The molecule has 2 aliphatic heterocycles. The summed E-state index contributed by atoms with van der Waals surface area (Å²) >= 11 is 0. The molecule has 4 aliphatic carbocycles. The van der Waals surface area contributed by atoms with Crippen LogP contribution >= 0.6 is 0 Å². The molecule has 12 heteroatoms. The van der Waals surface area contributed by atoms with Crippen LogP contribution in [-0.4, -0.2) is 130 Å². The van der Waals surface area contributed by atoms with Crippen molar-refractivity contribution in [3.05, 3.63) is 0 Å². The summed E-state index contributed by atoms with van der Waals surface area (Å²) in [5.74, 6) is 1.64. The summed E-state index contributed by atoms with van der Waals surface area (Å²) < 4.78 is 29.4. The lowest BCUT2D eigenvalue weighted by molar-refractivity contribution is -0.296. The Bertz CT molecular complexity index is 1130. The molecule has 0 aromatic heterocycles. The second-order valence-corrected chi connectivity index (χ2v) is 17.8. The van der Waals surface area contributed by atoms with Crippen LogP contribution in [0.4, 0.5) is 0 Å². The first-order valence-electron chi connectivity index (χ1n) is 19.4. The molecule has 20 atom stereocenters. The van der Waals surface area contributed by atoms with Crippen LogP contribution in [0.2, 0.25) is 0 Å². The Kier molecular flexibility index (Phi) is 12.0. The second-order valence-electron chi connectivity index (χ2n) is 17.8. The van der Waals surface area contributed by atoms with E-state index in [2.05, 4.69) is 34.6 Å². The third kappa shape index (κ3) is 6.96. The molecule has 290 valence electrons. The van der Waals surface area contributed by atoms with Crippen LogP contribution in [0, 0.1) is 52.3 Å². The first-order chi connectivity index (χ1) is 23.6. The lowest BCUT2D eigenvalue weighted by atomic mass is 9.43. The van der Waals surface area contributed by atoms with E-state index in [0.29, 0.717) is 30.6 Å². The zero-order valence-electron chi connectivity index (χ0n) is 30.9. The van der Waals surface area contributed by atoms with Crippen molar-refractivity contribution in [3.63, 3.8) is 0 Å². The number of aliphatic hydroxyl groups excluding tert-OH is 7. The molecule has 0 aromatic carbocycles. The highest BCUT2D eigenvalue weighted by Crippen LogP contribution is 2.68. The number of aliphatic hydroxyl groups is 7. The monoisotopic (exact) mass is 714 g/mol. The van der Waals surface area contributed by atoms with Gasteiger partial charge < -0.3 is 59.4 Å². The number of methoxy groups -OCH3 is 1. The van der Waals surface area contributed by atoms with Gasteiger partial charge in [0, 0.05) is 7.11 Å². The summed E-state index contributed by atoms with van der Waals surface area (Å²) in [6.45, 7) is 10.8. The van der Waals surface area contributed by atoms with Crippen molar-refractivity contribution in [3.8, 4) is 0 Å². The fourth-order valence-corrected chi connectivity index (χ4v) is 12.0. The quantitative estimate of drug-likeness (QED) is 0.155. The first-order valence-corrected chi connectivity index (χ1v) is 19.4. The summed E-state index contributed by atoms with van der Waals surface area (Å²) in [6, 6.07) is 0. The van der Waals surface area contributed by atoms with Crippen LogP contribution in [0.25, 0.3) is 0 Å². The number of fused-ring (bicyclic) bond motifs is 5. The molecule has 0 spiro atoms. The SMILES string of the molecule is COC1C(O[C@H]2CC[C@]3(C)C4CC[C@@]5(C)C([C@@H]4C[C@@H](O)C3C2)[C@@H](O)C[C@@H]5[C@H](C)CC[C@H](OC2OC(CO)C(O)C2O)C(C)C)OCC(O)C1O. The summed E-state index contributed by atoms with van der Waals surface area (Å²) in [6.07, 6.45) is -1.58. The fraction of sp³-hybridized carbons (Fsp3) is 1.00. The molecule has 11 unspecified atom stereocenters. The van der Waals surface area contributed by atoms with Gasteiger partial charge >= 0.3 is 0 Å². The van der Waals surface area contributed by atoms with Crippen LogP contribution < -0.4 is 0 Å². The summed E-state index contributed by atoms with van der Waals surface area (Å²) in [4.78, 5) is 0. The van der Waals surface area contributed by atoms with Gasteiger partial charge in [0.1, 0.15) is 36.6 Å². The van der Waals surface area contributed by atoms with Gasteiger partial charge in [0.2, 0.25) is 0 Å². The van der Waals surface area contributed by atoms with Crippen molar-refractivity contribution in [2.75, 3.05) is 20.3 Å². The normalized spacial score (nSPS) is 52.0. The van der Waals surface area contributed by atoms with Gasteiger partial charge in [-0.05, 0) is 110 Å². The molecule has 0 radical (unpaired) electrons. The van der Waals surface area contributed by atoms with E-state index in [1.54, 1.807) is 0 Å². The Morgan fingerprint density at radius 3 is 2.16 bits per heavy atom. The highest BCUT2D eigenvalue weighted by atomic mass is 16.7. The van der Waals surface area contributed by atoms with E-state index in [1.165, 1.54) is 7.11 Å². The maximum absolute atomic E-state index is 11.8. The van der Waals surface area contributed by atoms with Crippen molar-refractivity contribution >= 4 is 0 Å². The number of ether oxygens (including phenoxy) is 5. The minimum Gasteiger partial charge on any atom is -0.394 e. The zero-order valence-corrected chi connectivity index (χ0v) is 30.9. The van der Waals surface area contributed by atoms with Crippen LogP contribution in [0.3, 0.4) is 0 Å². The van der Waals surface area contributed by atoms with Gasteiger partial charge in [0.05, 0.1) is 37.6 Å². The van der Waals surface area contributed by atoms with Gasteiger partial charge in [-0.2, -0.15) is 0 Å². The number of rotatable bonds is 11. The van der Waals surface area contributed by atoms with Crippen molar-refractivity contribution in [1.82, 2.24) is 0 Å². The van der Waals surface area contributed by atoms with Gasteiger partial charge in [0.25, 0.3) is 0 Å². The summed E-state index contributed by atoms with van der Waals surface area (Å²) in [5.41, 5.74) is -0.117. The molecule has 6 aliphatic rings. The molecule has 0 bridgehead atoms. The molecule has 50 heavy (non-hydrogen) atoms. The van der Waals surface area contributed by atoms with E-state index in [1.807, 2.05) is 0 Å². The minimum atomic E-state index is -1.21. The Balaban J connectivity index is 1.09. The molecule has 0 amide bonds. The molecular formula is C38H66O12. The molecule has 2 saturated heterocycles. The predicted molar refractivity (Wildman–Crippen MR) is 181 cm³/mol. The lowest BCUT2D eigenvalue weighted by Crippen LogP contribution is -2.60. The highest BCUT2D eigenvalue weighted by molar-refractivity contribution is 5.13. The Labute approximate surface area is 297 Å². The van der Waals surface area contributed by atoms with Gasteiger partial charge in [-0.15, -0.1) is 0 Å². The second kappa shape index (κ2) is 15.3. The Hall–Kier alpha value is -0.480. The third-order valence-corrected chi connectivity index (χ3v) is 14.9. The summed E-state index contributed by atoms with van der Waals surface area (Å²) in [7, 11) is 1.48. The Morgan fingerprint density at radius 2 is 1.50 bits per heavy atom. The van der Waals surface area contributed by atoms with Gasteiger partial charge in [-0.25, -0.2) is 0 Å². The molecule has 4 saturated carbocycles. The average Bonchev–Trinajstić information content (AvgIpc) is 3.51. The van der Waals surface area contributed by atoms with Crippen LogP contribution in [0.5, 0.6) is 0 Å². The fourth-order valence-electron chi connectivity index (χ4n) is 12.0. The summed E-state index contributed by atoms with van der Waals surface area (Å²) in [5, 5.41) is 74.3. The molecular weight excluding hydrogens is 648 g/mol. The predicted octanol–water partition coefficient (Wildman–Crippen LogP) is 1.96. The molecule has 7 N–H and O–H groups in total. The first kappa shape index (κ1) is 39.2. The van der Waals surface area contributed by atoms with Crippen molar-refractivity contribution in [2.45, 2.75) is 166 Å². The van der Waals surface area contributed by atoms with Gasteiger partial charge in [0.15, 0.2) is 12.6 Å². The van der Waals surface area contributed by atoms with E-state index in [9.17, 15) is 35.7 Å². The molecule has 2 heterocycles. The maximum atomic E-state index is 11.8. The highest BCUT2D eigenvalue weighted by Gasteiger charge is 2.65. The number of hydrogen-bond acceptors (Lipinski definition) is 12. The average molecular weight is 715 g/mol. The lowest BCUT2D eigenvalue weighted by Gasteiger charge is -2.62. The van der Waals surface area contributed by atoms with Gasteiger partial charge in [-0.3, -0.25) is 0 Å². The third-order valence-electron chi connectivity index (χ3n) is 14.9. The van der Waals surface area contributed by atoms with E-state index < -0.39 is 61.4 Å². The molecule has 12 nitrogen and oxygen atoms in total. The van der Waals surface area contributed by atoms with E-state index in [-0.39, 0.29) is 59.9 Å². The van der Waals surface area contributed by atoms with E-state index >= 15 is 0 Å². The van der Waals surface area contributed by atoms with Crippen LogP contribution in [-0.2, 0) is 23.7 Å². The largest absolute Gasteiger partial charge is 0.394 e. The van der Waals surface area contributed by atoms with E-state index in [0.717, 1.165) is 44.9 Å². The van der Waals surface area contributed by atoms with E-state index in [4.69, 9.17) is 23.7 Å². The smallest absolute Gasteiger partial charge is 0.186 e. The molecule has 6 fully saturated rings. The maximum Gasteiger partial charge on any atom is 0.186 e. The van der Waals surface area contributed by atoms with Crippen LogP contribution in [0.1, 0.15) is 92.4 Å². The van der Waals surface area contributed by atoms with Gasteiger partial charge in [-0.1, -0.05) is 34.6 Å². The number of hydrogen-bond donors (Lipinski definition) is 7. The minimum absolute atomic E-state index is 0.0174. The Morgan fingerprint density at radius 1 is 0.780 bits per heavy atom. The van der Waals surface area contributed by atoms with Crippen molar-refractivity contribution < 1.29 is 59.4 Å². The topological polar surface area (TPSA) is 188 Å². The standard InChI is InChI=1S/C38H66O12/c1-18(2)28(49-35-33(45)32(44)29(16-39)50-35)8-7-19(3)23-15-26(41)30-21-14-25(40)24-13-20(48-36-34(46-6)31(43)27(42)17-47-36)9-11-37(24,4)22(21)10-12-38(23,30)5/h18-36,39-45H,7-17H2,1-6H3/t19-,20+,21-,22?,23-,24?,25-,26+,27?,28+,29?,30?,31?,32?,33?,34?,35?,36?,37-,38-/m1/s1. The molecule has 0 aromatic rings. The molecule has 6 rings (SSSR count).